The first-order valence-corrected chi connectivity index (χ1v) is 7.62. The van der Waals surface area contributed by atoms with Crippen LogP contribution in [-0.4, -0.2) is 18.6 Å². The monoisotopic (exact) mass is 302 g/mol. The van der Waals surface area contributed by atoms with E-state index in [9.17, 15) is 12.8 Å². The summed E-state index contributed by atoms with van der Waals surface area (Å²) >= 11 is 1.13. The van der Waals surface area contributed by atoms with Crippen LogP contribution in [0.2, 0.25) is 0 Å². The minimum atomic E-state index is -3.92. The first kappa shape index (κ1) is 13.7. The van der Waals surface area contributed by atoms with E-state index in [2.05, 4.69) is 14.9 Å². The predicted molar refractivity (Wildman–Crippen MR) is 70.9 cm³/mol. The number of aryl methyl sites for hydroxylation is 1. The number of nitrogens with two attached hydrogens (primary N) is 1. The molecule has 0 amide bonds. The number of benzene rings is 1. The first-order valence-electron chi connectivity index (χ1n) is 5.32. The molecular weight excluding hydrogens is 291 g/mol. The number of hydrogen-bond acceptors (Lipinski definition) is 6. The average molecular weight is 302 g/mol. The lowest BCUT2D eigenvalue weighted by molar-refractivity contribution is 0.595. The molecule has 0 spiro atoms. The van der Waals surface area contributed by atoms with E-state index in [0.29, 0.717) is 11.4 Å². The Kier molecular flexibility index (Phi) is 3.67. The van der Waals surface area contributed by atoms with Crippen LogP contribution in [0.1, 0.15) is 11.9 Å². The quantitative estimate of drug-likeness (QED) is 0.836. The summed E-state index contributed by atoms with van der Waals surface area (Å²) < 4.78 is 39.4. The normalized spacial score (nSPS) is 11.5. The summed E-state index contributed by atoms with van der Waals surface area (Å²) in [5.74, 6) is -0.716. The van der Waals surface area contributed by atoms with Gasteiger partial charge in [-0.1, -0.05) is 18.3 Å². The van der Waals surface area contributed by atoms with Crippen molar-refractivity contribution in [3.8, 4) is 0 Å². The summed E-state index contributed by atoms with van der Waals surface area (Å²) in [6, 6.07) is 3.10. The topological polar surface area (TPSA) is 98.0 Å². The maximum Gasteiger partial charge on any atom is 0.263 e. The molecule has 3 N–H and O–H groups in total. The SMILES string of the molecule is CCc1nnc(NS(=O)(=O)c2cc(N)cc(F)c2)s1. The van der Waals surface area contributed by atoms with Gasteiger partial charge in [0.25, 0.3) is 10.0 Å². The van der Waals surface area contributed by atoms with Crippen molar-refractivity contribution < 1.29 is 12.8 Å². The second-order valence-corrected chi connectivity index (χ2v) is 6.42. The molecule has 6 nitrogen and oxygen atoms in total. The third-order valence-electron chi connectivity index (χ3n) is 2.19. The van der Waals surface area contributed by atoms with Crippen LogP contribution in [0.4, 0.5) is 15.2 Å². The van der Waals surface area contributed by atoms with Gasteiger partial charge >= 0.3 is 0 Å². The number of hydrogen-bond donors (Lipinski definition) is 2. The van der Waals surface area contributed by atoms with E-state index in [1.54, 1.807) is 0 Å². The Labute approximate surface area is 113 Å². The van der Waals surface area contributed by atoms with Crippen molar-refractivity contribution >= 4 is 32.2 Å². The molecule has 0 aliphatic heterocycles. The molecular formula is C10H11FN4O2S2. The van der Waals surface area contributed by atoms with Gasteiger partial charge in [0.2, 0.25) is 5.13 Å². The van der Waals surface area contributed by atoms with Crippen LogP contribution < -0.4 is 10.5 Å². The van der Waals surface area contributed by atoms with Crippen LogP contribution >= 0.6 is 11.3 Å². The second-order valence-electron chi connectivity index (χ2n) is 3.68. The molecule has 0 bridgehead atoms. The minimum absolute atomic E-state index is 0.0342. The van der Waals surface area contributed by atoms with E-state index >= 15 is 0 Å². The molecule has 0 fully saturated rings. The summed E-state index contributed by atoms with van der Waals surface area (Å²) in [6.07, 6.45) is 0.659. The molecule has 0 atom stereocenters. The van der Waals surface area contributed by atoms with E-state index in [1.807, 2.05) is 6.92 Å². The summed E-state index contributed by atoms with van der Waals surface area (Å²) in [5, 5.41) is 8.33. The largest absolute Gasteiger partial charge is 0.399 e. The maximum atomic E-state index is 13.2. The molecule has 0 radical (unpaired) electrons. The van der Waals surface area contributed by atoms with Crippen LogP contribution in [0.15, 0.2) is 23.1 Å². The molecule has 1 heterocycles. The molecule has 2 rings (SSSR count). The zero-order chi connectivity index (χ0) is 14.0. The smallest absolute Gasteiger partial charge is 0.263 e. The van der Waals surface area contributed by atoms with E-state index in [0.717, 1.165) is 23.5 Å². The third-order valence-corrected chi connectivity index (χ3v) is 4.63. The van der Waals surface area contributed by atoms with Crippen molar-refractivity contribution in [2.45, 2.75) is 18.2 Å². The van der Waals surface area contributed by atoms with Gasteiger partial charge in [-0.3, -0.25) is 4.72 Å². The maximum absolute atomic E-state index is 13.2. The number of nitrogen functional groups attached to an aromatic ring is 1. The number of nitrogens with one attached hydrogen (secondary N) is 1. The molecule has 9 heteroatoms. The Balaban J connectivity index is 2.31. The van der Waals surface area contributed by atoms with E-state index < -0.39 is 15.8 Å². The van der Waals surface area contributed by atoms with Gasteiger partial charge in [0.1, 0.15) is 10.8 Å². The number of sulfonamides is 1. The van der Waals surface area contributed by atoms with Crippen LogP contribution in [0.3, 0.4) is 0 Å². The standard InChI is InChI=1S/C10H11FN4O2S2/c1-2-9-13-14-10(18-9)15-19(16,17)8-4-6(11)3-7(12)5-8/h3-5H,2,12H2,1H3,(H,14,15). The van der Waals surface area contributed by atoms with Gasteiger partial charge in [-0.2, -0.15) is 0 Å². The van der Waals surface area contributed by atoms with Crippen LogP contribution in [0, 0.1) is 5.82 Å². The van der Waals surface area contributed by atoms with Gasteiger partial charge in [-0.15, -0.1) is 10.2 Å². The number of rotatable bonds is 4. The van der Waals surface area contributed by atoms with Crippen LogP contribution in [0.25, 0.3) is 0 Å². The fraction of sp³-hybridized carbons (Fsp3) is 0.200. The molecule has 0 saturated heterocycles. The highest BCUT2D eigenvalue weighted by atomic mass is 32.2. The van der Waals surface area contributed by atoms with Gasteiger partial charge < -0.3 is 5.73 Å². The van der Waals surface area contributed by atoms with E-state index in [-0.39, 0.29) is 15.7 Å². The summed E-state index contributed by atoms with van der Waals surface area (Å²) in [5.41, 5.74) is 5.45. The zero-order valence-electron chi connectivity index (χ0n) is 9.92. The van der Waals surface area contributed by atoms with Crippen molar-refractivity contribution in [1.29, 1.82) is 0 Å². The van der Waals surface area contributed by atoms with Gasteiger partial charge in [-0.05, 0) is 24.6 Å². The minimum Gasteiger partial charge on any atom is -0.399 e. The summed E-state index contributed by atoms with van der Waals surface area (Å²) in [7, 11) is -3.92. The number of anilines is 2. The van der Waals surface area contributed by atoms with Crippen LogP contribution in [0.5, 0.6) is 0 Å². The van der Waals surface area contributed by atoms with Crippen molar-refractivity contribution in [2.24, 2.45) is 0 Å². The summed E-state index contributed by atoms with van der Waals surface area (Å²) in [4.78, 5) is -0.252. The molecule has 0 aliphatic rings. The van der Waals surface area contributed by atoms with Gasteiger partial charge in [-0.25, -0.2) is 12.8 Å². The van der Waals surface area contributed by atoms with Crippen molar-refractivity contribution in [3.05, 3.63) is 29.0 Å². The zero-order valence-corrected chi connectivity index (χ0v) is 11.6. The van der Waals surface area contributed by atoms with E-state index in [1.165, 1.54) is 6.07 Å². The highest BCUT2D eigenvalue weighted by Crippen LogP contribution is 2.22. The fourth-order valence-electron chi connectivity index (χ4n) is 1.35. The lowest BCUT2D eigenvalue weighted by Gasteiger charge is -2.05. The number of aromatic nitrogens is 2. The highest BCUT2D eigenvalue weighted by Gasteiger charge is 2.18. The predicted octanol–water partition coefficient (Wildman–Crippen LogP) is 1.62. The lowest BCUT2D eigenvalue weighted by atomic mass is 10.3. The first-order chi connectivity index (χ1) is 8.90. The molecule has 2 aromatic rings. The molecule has 19 heavy (non-hydrogen) atoms. The molecule has 1 aromatic carbocycles. The van der Waals surface area contributed by atoms with Crippen LogP contribution in [-0.2, 0) is 16.4 Å². The van der Waals surface area contributed by atoms with Gasteiger partial charge in [0, 0.05) is 5.69 Å². The Hall–Kier alpha value is -1.74. The Bertz CT molecular complexity index is 679. The Morgan fingerprint density at radius 2 is 2.11 bits per heavy atom. The van der Waals surface area contributed by atoms with Gasteiger partial charge in [0.15, 0.2) is 0 Å². The highest BCUT2D eigenvalue weighted by molar-refractivity contribution is 7.93. The Morgan fingerprint density at radius 3 is 2.68 bits per heavy atom. The summed E-state index contributed by atoms with van der Waals surface area (Å²) in [6.45, 7) is 1.88. The Morgan fingerprint density at radius 1 is 1.37 bits per heavy atom. The molecule has 0 aliphatic carbocycles. The third kappa shape index (κ3) is 3.18. The number of nitrogens with zero attached hydrogens (tertiary/aromatic N) is 2. The fourth-order valence-corrected chi connectivity index (χ4v) is 3.33. The lowest BCUT2D eigenvalue weighted by Crippen LogP contribution is -2.13. The average Bonchev–Trinajstić information content (AvgIpc) is 2.74. The second kappa shape index (κ2) is 5.10. The molecule has 1 aromatic heterocycles. The molecule has 0 unspecified atom stereocenters. The van der Waals surface area contributed by atoms with Gasteiger partial charge in [0.05, 0.1) is 4.90 Å². The van der Waals surface area contributed by atoms with Crippen molar-refractivity contribution in [3.63, 3.8) is 0 Å². The van der Waals surface area contributed by atoms with Crippen molar-refractivity contribution in [1.82, 2.24) is 10.2 Å². The van der Waals surface area contributed by atoms with E-state index in [4.69, 9.17) is 5.73 Å². The number of halogens is 1. The molecule has 102 valence electrons. The molecule has 0 saturated carbocycles. The van der Waals surface area contributed by atoms with Crippen molar-refractivity contribution in [2.75, 3.05) is 10.5 Å².